The first kappa shape index (κ1) is 19.5. The molecule has 27 heavy (non-hydrogen) atoms. The normalized spacial score (nSPS) is 18.2. The number of sulfonamides is 1. The van der Waals surface area contributed by atoms with E-state index in [1.807, 2.05) is 30.3 Å². The number of nitrogens with zero attached hydrogens (tertiary/aromatic N) is 2. The SMILES string of the molecule is CN(Cc1ccccc1)C(=O)C1CCCN(S(=O)(=O)c2ccc(F)cc2)C1. The van der Waals surface area contributed by atoms with Crippen molar-refractivity contribution in [1.82, 2.24) is 9.21 Å². The van der Waals surface area contributed by atoms with Crippen molar-refractivity contribution in [1.29, 1.82) is 0 Å². The third-order valence-corrected chi connectivity index (χ3v) is 6.70. The van der Waals surface area contributed by atoms with Gasteiger partial charge in [0.15, 0.2) is 0 Å². The maximum absolute atomic E-state index is 13.1. The highest BCUT2D eigenvalue weighted by molar-refractivity contribution is 7.89. The largest absolute Gasteiger partial charge is 0.341 e. The third kappa shape index (κ3) is 4.54. The summed E-state index contributed by atoms with van der Waals surface area (Å²) >= 11 is 0. The van der Waals surface area contributed by atoms with Gasteiger partial charge < -0.3 is 4.90 Å². The van der Waals surface area contributed by atoms with Gasteiger partial charge in [-0.3, -0.25) is 4.79 Å². The summed E-state index contributed by atoms with van der Waals surface area (Å²) in [6.07, 6.45) is 1.28. The summed E-state index contributed by atoms with van der Waals surface area (Å²) in [7, 11) is -2.00. The molecular formula is C20H23FN2O3S. The Labute approximate surface area is 159 Å². The molecule has 2 aromatic carbocycles. The van der Waals surface area contributed by atoms with E-state index >= 15 is 0 Å². The number of carbonyl (C=O) groups excluding carboxylic acids is 1. The topological polar surface area (TPSA) is 57.7 Å². The van der Waals surface area contributed by atoms with Crippen molar-refractivity contribution in [2.45, 2.75) is 24.3 Å². The molecule has 0 N–H and O–H groups in total. The molecule has 0 aromatic heterocycles. The van der Waals surface area contributed by atoms with Gasteiger partial charge in [0.05, 0.1) is 10.8 Å². The van der Waals surface area contributed by atoms with Crippen molar-refractivity contribution < 1.29 is 17.6 Å². The fraction of sp³-hybridized carbons (Fsp3) is 0.350. The molecule has 0 saturated carbocycles. The van der Waals surface area contributed by atoms with Crippen LogP contribution in [0.5, 0.6) is 0 Å². The molecule has 0 aliphatic carbocycles. The first-order chi connectivity index (χ1) is 12.9. The molecule has 0 radical (unpaired) electrons. The number of piperidine rings is 1. The lowest BCUT2D eigenvalue weighted by Crippen LogP contribution is -2.45. The molecule has 144 valence electrons. The second kappa shape index (κ2) is 8.19. The van der Waals surface area contributed by atoms with E-state index in [4.69, 9.17) is 0 Å². The van der Waals surface area contributed by atoms with Gasteiger partial charge in [-0.25, -0.2) is 12.8 Å². The zero-order chi connectivity index (χ0) is 19.4. The van der Waals surface area contributed by atoms with Crippen LogP contribution in [0.2, 0.25) is 0 Å². The summed E-state index contributed by atoms with van der Waals surface area (Å²) in [5.41, 5.74) is 1.03. The number of hydrogen-bond donors (Lipinski definition) is 0. The summed E-state index contributed by atoms with van der Waals surface area (Å²) in [6.45, 7) is 1.00. The van der Waals surface area contributed by atoms with Crippen LogP contribution >= 0.6 is 0 Å². The Morgan fingerprint density at radius 1 is 1.15 bits per heavy atom. The Balaban J connectivity index is 1.69. The van der Waals surface area contributed by atoms with Crippen LogP contribution in [0.4, 0.5) is 4.39 Å². The van der Waals surface area contributed by atoms with E-state index in [0.717, 1.165) is 17.7 Å². The van der Waals surface area contributed by atoms with Crippen molar-refractivity contribution in [2.75, 3.05) is 20.1 Å². The second-order valence-electron chi connectivity index (χ2n) is 6.84. The molecule has 0 bridgehead atoms. The van der Waals surface area contributed by atoms with E-state index in [1.54, 1.807) is 11.9 Å². The number of benzene rings is 2. The van der Waals surface area contributed by atoms with Crippen LogP contribution in [0, 0.1) is 11.7 Å². The molecule has 1 aliphatic heterocycles. The highest BCUT2D eigenvalue weighted by atomic mass is 32.2. The van der Waals surface area contributed by atoms with Crippen molar-refractivity contribution >= 4 is 15.9 Å². The molecule has 3 rings (SSSR count). The Bertz CT molecular complexity index is 885. The van der Waals surface area contributed by atoms with Crippen molar-refractivity contribution in [3.8, 4) is 0 Å². The average Bonchev–Trinajstić information content (AvgIpc) is 2.68. The minimum atomic E-state index is -3.73. The minimum absolute atomic E-state index is 0.0506. The van der Waals surface area contributed by atoms with Crippen molar-refractivity contribution in [3.63, 3.8) is 0 Å². The summed E-state index contributed by atoms with van der Waals surface area (Å²) in [5.74, 6) is -0.913. The van der Waals surface area contributed by atoms with Crippen LogP contribution in [-0.4, -0.2) is 43.7 Å². The Kier molecular flexibility index (Phi) is 5.92. The average molecular weight is 390 g/mol. The van der Waals surface area contributed by atoms with Crippen LogP contribution in [0.25, 0.3) is 0 Å². The number of hydrogen-bond acceptors (Lipinski definition) is 3. The molecule has 1 atom stereocenters. The molecule has 1 amide bonds. The van der Waals surface area contributed by atoms with Crippen LogP contribution in [0.15, 0.2) is 59.5 Å². The molecule has 1 saturated heterocycles. The molecule has 1 heterocycles. The maximum atomic E-state index is 13.1. The van der Waals surface area contributed by atoms with E-state index < -0.39 is 15.8 Å². The van der Waals surface area contributed by atoms with Crippen molar-refractivity contribution in [3.05, 3.63) is 66.0 Å². The summed E-state index contributed by atoms with van der Waals surface area (Å²) < 4.78 is 40.0. The number of rotatable bonds is 5. The predicted octanol–water partition coefficient (Wildman–Crippen LogP) is 2.89. The van der Waals surface area contributed by atoms with Gasteiger partial charge in [0.2, 0.25) is 15.9 Å². The quantitative estimate of drug-likeness (QED) is 0.789. The molecule has 1 aliphatic rings. The predicted molar refractivity (Wildman–Crippen MR) is 101 cm³/mol. The standard InChI is InChI=1S/C20H23FN2O3S/c1-22(14-16-6-3-2-4-7-16)20(24)17-8-5-13-23(15-17)27(25,26)19-11-9-18(21)10-12-19/h2-4,6-7,9-12,17H,5,8,13-15H2,1H3. The van der Waals surface area contributed by atoms with Crippen LogP contribution in [0.1, 0.15) is 18.4 Å². The Morgan fingerprint density at radius 3 is 2.48 bits per heavy atom. The fourth-order valence-corrected chi connectivity index (χ4v) is 4.89. The highest BCUT2D eigenvalue weighted by Crippen LogP contribution is 2.25. The maximum Gasteiger partial charge on any atom is 0.243 e. The lowest BCUT2D eigenvalue weighted by Gasteiger charge is -2.33. The lowest BCUT2D eigenvalue weighted by molar-refractivity contribution is -0.135. The van der Waals surface area contributed by atoms with Gasteiger partial charge >= 0.3 is 0 Å². The fourth-order valence-electron chi connectivity index (χ4n) is 3.36. The van der Waals surface area contributed by atoms with Crippen molar-refractivity contribution in [2.24, 2.45) is 5.92 Å². The molecule has 0 spiro atoms. The van der Waals surface area contributed by atoms with E-state index in [2.05, 4.69) is 0 Å². The van der Waals surface area contributed by atoms with Crippen LogP contribution < -0.4 is 0 Å². The van der Waals surface area contributed by atoms with Gasteiger partial charge in [0.1, 0.15) is 5.82 Å². The van der Waals surface area contributed by atoms with Gasteiger partial charge in [-0.2, -0.15) is 4.31 Å². The Morgan fingerprint density at radius 2 is 1.81 bits per heavy atom. The van der Waals surface area contributed by atoms with Gasteiger partial charge in [0.25, 0.3) is 0 Å². The van der Waals surface area contributed by atoms with E-state index in [-0.39, 0.29) is 23.3 Å². The first-order valence-corrected chi connectivity index (χ1v) is 10.4. The highest BCUT2D eigenvalue weighted by Gasteiger charge is 2.34. The summed E-state index contributed by atoms with van der Waals surface area (Å²) in [4.78, 5) is 14.5. The lowest BCUT2D eigenvalue weighted by atomic mass is 9.98. The summed E-state index contributed by atoms with van der Waals surface area (Å²) in [6, 6.07) is 14.5. The van der Waals surface area contributed by atoms with E-state index in [9.17, 15) is 17.6 Å². The zero-order valence-electron chi connectivity index (χ0n) is 15.2. The number of carbonyl (C=O) groups is 1. The van der Waals surface area contributed by atoms with E-state index in [0.29, 0.717) is 25.9 Å². The molecule has 1 fully saturated rings. The zero-order valence-corrected chi connectivity index (χ0v) is 16.0. The van der Waals surface area contributed by atoms with Gasteiger partial charge in [-0.15, -0.1) is 0 Å². The summed E-state index contributed by atoms with van der Waals surface area (Å²) in [5, 5.41) is 0. The first-order valence-electron chi connectivity index (χ1n) is 8.92. The minimum Gasteiger partial charge on any atom is -0.341 e. The van der Waals surface area contributed by atoms with Gasteiger partial charge in [-0.1, -0.05) is 30.3 Å². The number of amides is 1. The smallest absolute Gasteiger partial charge is 0.243 e. The number of halogens is 1. The van der Waals surface area contributed by atoms with Gasteiger partial charge in [-0.05, 0) is 42.7 Å². The van der Waals surface area contributed by atoms with Gasteiger partial charge in [0, 0.05) is 26.7 Å². The molecular weight excluding hydrogens is 367 g/mol. The molecule has 7 heteroatoms. The van der Waals surface area contributed by atoms with Crippen LogP contribution in [0.3, 0.4) is 0 Å². The Hall–Kier alpha value is -2.25. The van der Waals surface area contributed by atoms with Crippen LogP contribution in [-0.2, 0) is 21.4 Å². The third-order valence-electron chi connectivity index (χ3n) is 4.82. The second-order valence-corrected chi connectivity index (χ2v) is 8.77. The van der Waals surface area contributed by atoms with E-state index in [1.165, 1.54) is 16.4 Å². The molecule has 2 aromatic rings. The molecule has 5 nitrogen and oxygen atoms in total. The monoisotopic (exact) mass is 390 g/mol. The molecule has 1 unspecified atom stereocenters.